The molecule has 4 rings (SSSR count). The van der Waals surface area contributed by atoms with Gasteiger partial charge in [0.15, 0.2) is 0 Å². The van der Waals surface area contributed by atoms with Crippen molar-refractivity contribution in [2.24, 2.45) is 10.8 Å². The minimum absolute atomic E-state index is 0.0907. The van der Waals surface area contributed by atoms with Crippen molar-refractivity contribution in [1.29, 1.82) is 5.26 Å². The number of carbonyl (C=O) groups is 1. The maximum atomic E-state index is 13.2. The minimum atomic E-state index is -0.314. The number of anilines is 1. The molecule has 3 aromatic carbocycles. The number of hydrogen-bond acceptors (Lipinski definition) is 4. The fourth-order valence-corrected chi connectivity index (χ4v) is 5.93. The lowest BCUT2D eigenvalue weighted by atomic mass is 9.49. The van der Waals surface area contributed by atoms with Gasteiger partial charge in [-0.3, -0.25) is 4.79 Å². The molecule has 1 aliphatic carbocycles. The molecular formula is C31H34ClN3O2. The average molecular weight is 516 g/mol. The van der Waals surface area contributed by atoms with Crippen LogP contribution < -0.4 is 15.4 Å². The number of halogens is 1. The van der Waals surface area contributed by atoms with Crippen LogP contribution >= 0.6 is 11.6 Å². The smallest absolute Gasteiger partial charge is 0.251 e. The number of benzene rings is 3. The van der Waals surface area contributed by atoms with E-state index in [-0.39, 0.29) is 28.9 Å². The first kappa shape index (κ1) is 26.6. The zero-order chi connectivity index (χ0) is 27.0. The van der Waals surface area contributed by atoms with Crippen molar-refractivity contribution >= 4 is 23.2 Å². The Morgan fingerprint density at radius 2 is 1.51 bits per heavy atom. The zero-order valence-electron chi connectivity index (χ0n) is 22.2. The molecule has 192 valence electrons. The van der Waals surface area contributed by atoms with Crippen LogP contribution in [0.3, 0.4) is 0 Å². The highest BCUT2D eigenvalue weighted by atomic mass is 35.5. The van der Waals surface area contributed by atoms with Crippen LogP contribution in [-0.4, -0.2) is 24.1 Å². The highest BCUT2D eigenvalue weighted by Crippen LogP contribution is 2.55. The first-order chi connectivity index (χ1) is 17.4. The summed E-state index contributed by atoms with van der Waals surface area (Å²) in [6.07, 6.45) is -0.148. The summed E-state index contributed by atoms with van der Waals surface area (Å²) in [6.45, 7) is 12.6. The molecule has 0 heterocycles. The van der Waals surface area contributed by atoms with Gasteiger partial charge >= 0.3 is 0 Å². The van der Waals surface area contributed by atoms with Gasteiger partial charge in [-0.1, -0.05) is 63.6 Å². The molecule has 0 saturated heterocycles. The topological polar surface area (TPSA) is 74.2 Å². The van der Waals surface area contributed by atoms with Crippen molar-refractivity contribution in [3.8, 4) is 22.9 Å². The Kier molecular flexibility index (Phi) is 7.26. The lowest BCUT2D eigenvalue weighted by Gasteiger charge is -2.63. The molecular weight excluding hydrogens is 482 g/mol. The second-order valence-electron chi connectivity index (χ2n) is 11.3. The van der Waals surface area contributed by atoms with Crippen molar-refractivity contribution in [3.63, 3.8) is 0 Å². The molecule has 0 bridgehead atoms. The summed E-state index contributed by atoms with van der Waals surface area (Å²) < 4.78 is 6.32. The van der Waals surface area contributed by atoms with E-state index in [4.69, 9.17) is 21.6 Å². The third-order valence-electron chi connectivity index (χ3n) is 7.25. The van der Waals surface area contributed by atoms with E-state index in [1.807, 2.05) is 24.3 Å². The van der Waals surface area contributed by atoms with E-state index >= 15 is 0 Å². The van der Waals surface area contributed by atoms with Gasteiger partial charge in [0.1, 0.15) is 17.9 Å². The van der Waals surface area contributed by atoms with Crippen molar-refractivity contribution < 1.29 is 9.53 Å². The molecule has 1 aliphatic rings. The normalized spacial score (nSPS) is 19.4. The third-order valence-corrected chi connectivity index (χ3v) is 7.56. The van der Waals surface area contributed by atoms with Crippen LogP contribution in [-0.2, 0) is 0 Å². The number of amides is 1. The van der Waals surface area contributed by atoms with Crippen LogP contribution in [0.4, 0.5) is 5.69 Å². The van der Waals surface area contributed by atoms with Crippen molar-refractivity contribution in [2.75, 3.05) is 5.32 Å². The van der Waals surface area contributed by atoms with E-state index in [9.17, 15) is 4.79 Å². The Morgan fingerprint density at radius 3 is 2.03 bits per heavy atom. The molecule has 3 aromatic rings. The number of carbonyl (C=O) groups excluding carboxylic acids is 1. The van der Waals surface area contributed by atoms with Gasteiger partial charge in [0.2, 0.25) is 0 Å². The fraction of sp³-hybridized carbons (Fsp3) is 0.355. The van der Waals surface area contributed by atoms with Crippen LogP contribution in [0.1, 0.15) is 57.5 Å². The van der Waals surface area contributed by atoms with Gasteiger partial charge in [-0.05, 0) is 61.4 Å². The van der Waals surface area contributed by atoms with Gasteiger partial charge in [0, 0.05) is 40.2 Å². The Balaban J connectivity index is 1.43. The summed E-state index contributed by atoms with van der Waals surface area (Å²) in [4.78, 5) is 13.2. The quantitative estimate of drug-likeness (QED) is 0.346. The molecule has 0 aromatic heterocycles. The predicted octanol–water partition coefficient (Wildman–Crippen LogP) is 7.31. The number of nitrogens with one attached hydrogen (secondary N) is 2. The van der Waals surface area contributed by atoms with Crippen LogP contribution in [0, 0.1) is 22.2 Å². The van der Waals surface area contributed by atoms with Crippen molar-refractivity contribution in [1.82, 2.24) is 5.32 Å². The first-order valence-corrected chi connectivity index (χ1v) is 13.0. The molecule has 6 heteroatoms. The monoisotopic (exact) mass is 515 g/mol. The Morgan fingerprint density at radius 1 is 0.946 bits per heavy atom. The lowest BCUT2D eigenvalue weighted by molar-refractivity contribution is -0.164. The minimum Gasteiger partial charge on any atom is -0.489 e. The summed E-state index contributed by atoms with van der Waals surface area (Å²) in [5, 5.41) is 16.1. The summed E-state index contributed by atoms with van der Waals surface area (Å²) in [6, 6.07) is 23.5. The van der Waals surface area contributed by atoms with Crippen LogP contribution in [0.2, 0.25) is 5.02 Å². The molecule has 0 radical (unpaired) electrons. The average Bonchev–Trinajstić information content (AvgIpc) is 2.85. The molecule has 1 saturated carbocycles. The summed E-state index contributed by atoms with van der Waals surface area (Å²) in [7, 11) is 0. The summed E-state index contributed by atoms with van der Waals surface area (Å²) in [5.74, 6) is 0.512. The highest BCUT2D eigenvalue weighted by Gasteiger charge is 2.64. The van der Waals surface area contributed by atoms with E-state index in [0.717, 1.165) is 16.8 Å². The number of rotatable bonds is 7. The zero-order valence-corrected chi connectivity index (χ0v) is 23.0. The molecule has 1 fully saturated rings. The van der Waals surface area contributed by atoms with E-state index in [1.165, 1.54) is 0 Å². The third kappa shape index (κ3) is 5.31. The number of nitriles is 1. The van der Waals surface area contributed by atoms with E-state index in [2.05, 4.69) is 82.5 Å². The molecule has 0 aliphatic heterocycles. The van der Waals surface area contributed by atoms with E-state index in [0.29, 0.717) is 27.9 Å². The summed E-state index contributed by atoms with van der Waals surface area (Å²) in [5.41, 5.74) is 3.66. The van der Waals surface area contributed by atoms with Crippen molar-refractivity contribution in [3.05, 3.63) is 82.9 Å². The second-order valence-corrected chi connectivity index (χ2v) is 11.7. The lowest BCUT2D eigenvalue weighted by Crippen LogP contribution is -2.74. The van der Waals surface area contributed by atoms with E-state index in [1.54, 1.807) is 18.2 Å². The van der Waals surface area contributed by atoms with Gasteiger partial charge in [-0.2, -0.15) is 5.26 Å². The molecule has 5 nitrogen and oxygen atoms in total. The van der Waals surface area contributed by atoms with Crippen LogP contribution in [0.5, 0.6) is 5.75 Å². The van der Waals surface area contributed by atoms with Crippen LogP contribution in [0.15, 0.2) is 66.7 Å². The number of hydrogen-bond donors (Lipinski definition) is 2. The summed E-state index contributed by atoms with van der Waals surface area (Å²) >= 11 is 6.19. The molecule has 0 atom stereocenters. The molecule has 0 spiro atoms. The largest absolute Gasteiger partial charge is 0.489 e. The van der Waals surface area contributed by atoms with Gasteiger partial charge < -0.3 is 15.4 Å². The molecule has 2 N–H and O–H groups in total. The first-order valence-electron chi connectivity index (χ1n) is 12.6. The van der Waals surface area contributed by atoms with E-state index < -0.39 is 0 Å². The van der Waals surface area contributed by atoms with Crippen LogP contribution in [0.25, 0.3) is 11.1 Å². The Hall–Kier alpha value is -3.49. The van der Waals surface area contributed by atoms with Gasteiger partial charge in [-0.15, -0.1) is 0 Å². The predicted molar refractivity (Wildman–Crippen MR) is 150 cm³/mol. The second kappa shape index (κ2) is 10.1. The van der Waals surface area contributed by atoms with Gasteiger partial charge in [-0.25, -0.2) is 0 Å². The molecule has 37 heavy (non-hydrogen) atoms. The Labute approximate surface area is 224 Å². The molecule has 1 amide bonds. The maximum absolute atomic E-state index is 13.2. The molecule has 0 unspecified atom stereocenters. The van der Waals surface area contributed by atoms with Crippen molar-refractivity contribution in [2.45, 2.75) is 59.7 Å². The van der Waals surface area contributed by atoms with Gasteiger partial charge in [0.05, 0.1) is 10.6 Å². The maximum Gasteiger partial charge on any atom is 0.251 e. The number of ether oxygens (including phenoxy) is 1. The van der Waals surface area contributed by atoms with Gasteiger partial charge in [0.25, 0.3) is 5.91 Å². The standard InChI is InChI=1S/C31H34ClN3O2/c1-19(2)34-24-14-11-21(12-15-24)20-7-9-22(10-8-20)27(36)35-28-30(3,4)29(31(28,5)6)37-25-16-13-23(18-33)26(32)17-25/h7-17,19,28-29,34H,1-6H3,(H,35,36). The highest BCUT2D eigenvalue weighted by molar-refractivity contribution is 6.31. The fourth-order valence-electron chi connectivity index (χ4n) is 5.72. The SMILES string of the molecule is CC(C)Nc1ccc(-c2ccc(C(=O)NC3C(C)(C)C(Oc4ccc(C#N)c(Cl)c4)C3(C)C)cc2)cc1. The number of nitrogens with zero attached hydrogens (tertiary/aromatic N) is 1. The Bertz CT molecular complexity index is 1310.